The second kappa shape index (κ2) is 2.98. The number of aryl methyl sites for hydroxylation is 1. The van der Waals surface area contributed by atoms with Gasteiger partial charge in [-0.1, -0.05) is 0 Å². The van der Waals surface area contributed by atoms with Crippen molar-refractivity contribution in [2.24, 2.45) is 0 Å². The standard InChI is InChI=1S/C6H10N2OS/c1-4-6(9)8-5(10-4)3-7-2/h7,9H,3H2,1-2H3. The molecule has 56 valence electrons. The maximum Gasteiger partial charge on any atom is 0.225 e. The molecule has 0 amide bonds. The van der Waals surface area contributed by atoms with E-state index in [9.17, 15) is 0 Å². The lowest BCUT2D eigenvalue weighted by Crippen LogP contribution is -2.03. The van der Waals surface area contributed by atoms with Crippen LogP contribution >= 0.6 is 11.3 Å². The molecule has 0 aromatic carbocycles. The van der Waals surface area contributed by atoms with Crippen LogP contribution in [0.25, 0.3) is 0 Å². The highest BCUT2D eigenvalue weighted by atomic mass is 32.1. The van der Waals surface area contributed by atoms with Crippen molar-refractivity contribution in [3.63, 3.8) is 0 Å². The van der Waals surface area contributed by atoms with Gasteiger partial charge in [0.1, 0.15) is 5.01 Å². The Morgan fingerprint density at radius 1 is 1.70 bits per heavy atom. The van der Waals surface area contributed by atoms with E-state index in [1.54, 1.807) is 0 Å². The molecule has 0 unspecified atom stereocenters. The Morgan fingerprint density at radius 2 is 2.40 bits per heavy atom. The molecule has 2 N–H and O–H groups in total. The number of hydrogen-bond donors (Lipinski definition) is 2. The van der Waals surface area contributed by atoms with Crippen LogP contribution in [0.15, 0.2) is 0 Å². The number of thiazole rings is 1. The molecule has 1 aromatic rings. The lowest BCUT2D eigenvalue weighted by molar-refractivity contribution is 0.451. The average molecular weight is 158 g/mol. The highest BCUT2D eigenvalue weighted by Crippen LogP contribution is 2.21. The van der Waals surface area contributed by atoms with E-state index in [0.717, 1.165) is 16.4 Å². The summed E-state index contributed by atoms with van der Waals surface area (Å²) in [5.74, 6) is 0.162. The molecule has 1 aromatic heterocycles. The van der Waals surface area contributed by atoms with Gasteiger partial charge in [0, 0.05) is 6.54 Å². The number of hydrogen-bond acceptors (Lipinski definition) is 4. The number of aromatic hydroxyl groups is 1. The highest BCUT2D eigenvalue weighted by Gasteiger charge is 2.03. The van der Waals surface area contributed by atoms with Gasteiger partial charge in [0.2, 0.25) is 5.88 Å². The van der Waals surface area contributed by atoms with E-state index in [0.29, 0.717) is 0 Å². The zero-order valence-corrected chi connectivity index (χ0v) is 6.83. The molecular formula is C6H10N2OS. The molecule has 4 heteroatoms. The molecule has 0 radical (unpaired) electrons. The summed E-state index contributed by atoms with van der Waals surface area (Å²) in [4.78, 5) is 4.79. The van der Waals surface area contributed by atoms with Gasteiger partial charge in [-0.3, -0.25) is 0 Å². The maximum absolute atomic E-state index is 9.04. The van der Waals surface area contributed by atoms with Crippen molar-refractivity contribution >= 4 is 11.3 Å². The molecule has 0 fully saturated rings. The van der Waals surface area contributed by atoms with E-state index in [-0.39, 0.29) is 5.88 Å². The fourth-order valence-corrected chi connectivity index (χ4v) is 1.51. The lowest BCUT2D eigenvalue weighted by atomic mass is 10.6. The highest BCUT2D eigenvalue weighted by molar-refractivity contribution is 7.11. The van der Waals surface area contributed by atoms with Crippen LogP contribution in [0.4, 0.5) is 0 Å². The molecule has 0 bridgehead atoms. The van der Waals surface area contributed by atoms with Crippen LogP contribution in [-0.2, 0) is 6.54 Å². The van der Waals surface area contributed by atoms with Crippen molar-refractivity contribution in [1.29, 1.82) is 0 Å². The Kier molecular flexibility index (Phi) is 2.24. The van der Waals surface area contributed by atoms with Gasteiger partial charge in [0.15, 0.2) is 0 Å². The average Bonchev–Trinajstić information content (AvgIpc) is 2.14. The molecule has 0 aliphatic heterocycles. The van der Waals surface area contributed by atoms with Gasteiger partial charge in [-0.05, 0) is 14.0 Å². The second-order valence-corrected chi connectivity index (χ2v) is 3.31. The minimum Gasteiger partial charge on any atom is -0.492 e. The summed E-state index contributed by atoms with van der Waals surface area (Å²) in [5.41, 5.74) is 0. The summed E-state index contributed by atoms with van der Waals surface area (Å²) in [5, 5.41) is 12.9. The predicted molar refractivity (Wildman–Crippen MR) is 41.3 cm³/mol. The molecule has 0 saturated heterocycles. The van der Waals surface area contributed by atoms with Crippen LogP contribution in [0.5, 0.6) is 5.88 Å². The third-order valence-corrected chi connectivity index (χ3v) is 2.10. The van der Waals surface area contributed by atoms with Crippen LogP contribution in [0.2, 0.25) is 0 Å². The van der Waals surface area contributed by atoms with Gasteiger partial charge in [-0.2, -0.15) is 0 Å². The molecule has 10 heavy (non-hydrogen) atoms. The molecule has 0 aliphatic carbocycles. The van der Waals surface area contributed by atoms with Crippen LogP contribution in [-0.4, -0.2) is 17.1 Å². The van der Waals surface area contributed by atoms with E-state index >= 15 is 0 Å². The number of nitrogens with zero attached hydrogens (tertiary/aromatic N) is 1. The summed E-state index contributed by atoms with van der Waals surface area (Å²) in [6, 6.07) is 0. The fourth-order valence-electron chi connectivity index (χ4n) is 0.669. The minimum absolute atomic E-state index is 0.162. The van der Waals surface area contributed by atoms with Gasteiger partial charge >= 0.3 is 0 Å². The Morgan fingerprint density at radius 3 is 2.80 bits per heavy atom. The molecule has 1 heterocycles. The Hall–Kier alpha value is -0.610. The summed E-state index contributed by atoms with van der Waals surface area (Å²) < 4.78 is 0. The Bertz CT molecular complexity index is 202. The molecule has 3 nitrogen and oxygen atoms in total. The van der Waals surface area contributed by atoms with E-state index in [2.05, 4.69) is 10.3 Å². The van der Waals surface area contributed by atoms with Crippen LogP contribution in [0, 0.1) is 6.92 Å². The normalized spacial score (nSPS) is 10.2. The quantitative estimate of drug-likeness (QED) is 0.671. The lowest BCUT2D eigenvalue weighted by Gasteiger charge is -1.88. The second-order valence-electron chi connectivity index (χ2n) is 2.02. The van der Waals surface area contributed by atoms with E-state index in [4.69, 9.17) is 5.11 Å². The zero-order chi connectivity index (χ0) is 7.56. The Labute approximate surface area is 63.7 Å². The monoisotopic (exact) mass is 158 g/mol. The van der Waals surface area contributed by atoms with Gasteiger partial charge in [-0.25, -0.2) is 4.98 Å². The molecule has 0 atom stereocenters. The van der Waals surface area contributed by atoms with E-state index < -0.39 is 0 Å². The SMILES string of the molecule is CNCc1nc(O)c(C)s1. The topological polar surface area (TPSA) is 45.2 Å². The first-order valence-electron chi connectivity index (χ1n) is 3.04. The van der Waals surface area contributed by atoms with Crippen molar-refractivity contribution in [2.45, 2.75) is 13.5 Å². The van der Waals surface area contributed by atoms with Crippen molar-refractivity contribution in [3.8, 4) is 5.88 Å². The largest absolute Gasteiger partial charge is 0.492 e. The number of rotatable bonds is 2. The first-order valence-corrected chi connectivity index (χ1v) is 3.85. The van der Waals surface area contributed by atoms with Gasteiger partial charge < -0.3 is 10.4 Å². The minimum atomic E-state index is 0.162. The van der Waals surface area contributed by atoms with Crippen molar-refractivity contribution in [3.05, 3.63) is 9.88 Å². The predicted octanol–water partition coefficient (Wildman–Crippen LogP) is 0.877. The van der Waals surface area contributed by atoms with Crippen LogP contribution in [0.3, 0.4) is 0 Å². The summed E-state index contributed by atoms with van der Waals surface area (Å²) in [6.45, 7) is 2.58. The summed E-state index contributed by atoms with van der Waals surface area (Å²) in [7, 11) is 1.85. The maximum atomic E-state index is 9.04. The third kappa shape index (κ3) is 1.46. The third-order valence-electron chi connectivity index (χ3n) is 1.14. The molecule has 0 aliphatic rings. The molecule has 0 spiro atoms. The van der Waals surface area contributed by atoms with Gasteiger partial charge in [-0.15, -0.1) is 11.3 Å². The first kappa shape index (κ1) is 7.50. The van der Waals surface area contributed by atoms with Crippen LogP contribution < -0.4 is 5.32 Å². The van der Waals surface area contributed by atoms with Gasteiger partial charge in [0.25, 0.3) is 0 Å². The fraction of sp³-hybridized carbons (Fsp3) is 0.500. The van der Waals surface area contributed by atoms with E-state index in [1.165, 1.54) is 11.3 Å². The zero-order valence-electron chi connectivity index (χ0n) is 6.01. The van der Waals surface area contributed by atoms with Crippen molar-refractivity contribution < 1.29 is 5.11 Å². The molecule has 0 saturated carbocycles. The van der Waals surface area contributed by atoms with E-state index in [1.807, 2.05) is 14.0 Å². The smallest absolute Gasteiger partial charge is 0.225 e. The molecule has 1 rings (SSSR count). The summed E-state index contributed by atoms with van der Waals surface area (Å²) >= 11 is 1.52. The van der Waals surface area contributed by atoms with Crippen LogP contribution in [0.1, 0.15) is 9.88 Å². The number of nitrogens with one attached hydrogen (secondary N) is 1. The molecular weight excluding hydrogens is 148 g/mol. The Balaban J connectivity index is 2.77. The summed E-state index contributed by atoms with van der Waals surface area (Å²) in [6.07, 6.45) is 0. The van der Waals surface area contributed by atoms with Crippen molar-refractivity contribution in [1.82, 2.24) is 10.3 Å². The first-order chi connectivity index (χ1) is 4.74. The van der Waals surface area contributed by atoms with Gasteiger partial charge in [0.05, 0.1) is 4.88 Å². The number of aromatic nitrogens is 1. The van der Waals surface area contributed by atoms with Crippen molar-refractivity contribution in [2.75, 3.05) is 7.05 Å².